The van der Waals surface area contributed by atoms with Crippen molar-refractivity contribution in [2.24, 2.45) is 0 Å². The van der Waals surface area contributed by atoms with Gasteiger partial charge in [-0.1, -0.05) is 11.6 Å². The molecular weight excluding hydrogens is 474 g/mol. The number of carbonyl (C=O) groups excluding carboxylic acids is 4. The molecule has 5 rings (SSSR count). The van der Waals surface area contributed by atoms with Crippen molar-refractivity contribution in [3.05, 3.63) is 28.3 Å². The first-order valence-corrected chi connectivity index (χ1v) is 12.4. The number of amides is 5. The van der Waals surface area contributed by atoms with Gasteiger partial charge in [0.1, 0.15) is 6.10 Å². The fraction of sp³-hybridized carbons (Fsp3) is 0.583. The van der Waals surface area contributed by atoms with E-state index >= 15 is 0 Å². The summed E-state index contributed by atoms with van der Waals surface area (Å²) in [6, 6.07) is 4.13. The number of rotatable bonds is 5. The molecule has 10 nitrogen and oxygen atoms in total. The van der Waals surface area contributed by atoms with E-state index in [4.69, 9.17) is 16.3 Å². The van der Waals surface area contributed by atoms with Crippen LogP contribution in [0.25, 0.3) is 0 Å². The van der Waals surface area contributed by atoms with Gasteiger partial charge in [-0.2, -0.15) is 0 Å². The van der Waals surface area contributed by atoms with Crippen LogP contribution >= 0.6 is 11.6 Å². The van der Waals surface area contributed by atoms with Gasteiger partial charge in [0.2, 0.25) is 11.8 Å². The molecule has 35 heavy (non-hydrogen) atoms. The zero-order chi connectivity index (χ0) is 24.9. The van der Waals surface area contributed by atoms with E-state index in [9.17, 15) is 19.2 Å². The Labute approximate surface area is 208 Å². The lowest BCUT2D eigenvalue weighted by Crippen LogP contribution is -2.62. The third-order valence-electron chi connectivity index (χ3n) is 7.27. The standard InChI is InChI=1S/C24H30ClN5O5/c1-13-7-16(8-19(25)21(13)18-5-6-20(31)27-22(18)32)29-9-14(10-29)26-23(33)35-17-11-30(12-17)24(34)28(2)15-3-4-15/h7-8,14-15,17-18H,3-6,9-12H2,1-2H3,(H,26,33)(H,27,31,32). The molecule has 1 aliphatic carbocycles. The zero-order valence-electron chi connectivity index (χ0n) is 19.9. The summed E-state index contributed by atoms with van der Waals surface area (Å²) in [6.07, 6.45) is 2.13. The maximum absolute atomic E-state index is 12.3. The molecule has 0 aromatic heterocycles. The number of hydrogen-bond donors (Lipinski definition) is 2. The highest BCUT2D eigenvalue weighted by molar-refractivity contribution is 6.32. The minimum absolute atomic E-state index is 0.0000275. The zero-order valence-corrected chi connectivity index (χ0v) is 20.6. The van der Waals surface area contributed by atoms with E-state index in [1.54, 1.807) is 9.80 Å². The topological polar surface area (TPSA) is 111 Å². The summed E-state index contributed by atoms with van der Waals surface area (Å²) in [7, 11) is 1.82. The molecule has 4 fully saturated rings. The highest BCUT2D eigenvalue weighted by Gasteiger charge is 2.39. The Hall–Kier alpha value is -3.01. The number of imide groups is 1. The Morgan fingerprint density at radius 1 is 1.14 bits per heavy atom. The van der Waals surface area contributed by atoms with Crippen molar-refractivity contribution in [2.45, 2.75) is 56.7 Å². The van der Waals surface area contributed by atoms with Crippen molar-refractivity contribution in [1.29, 1.82) is 0 Å². The first kappa shape index (κ1) is 23.7. The number of alkyl carbamates (subject to hydrolysis) is 1. The van der Waals surface area contributed by atoms with E-state index in [-0.39, 0.29) is 30.0 Å². The number of nitrogens with zero attached hydrogens (tertiary/aromatic N) is 3. The molecule has 1 aromatic carbocycles. The molecule has 0 bridgehead atoms. The Morgan fingerprint density at radius 3 is 2.49 bits per heavy atom. The second-order valence-corrected chi connectivity index (χ2v) is 10.4. The van der Waals surface area contributed by atoms with E-state index in [0.717, 1.165) is 29.7 Å². The van der Waals surface area contributed by atoms with E-state index in [1.165, 1.54) is 0 Å². The lowest BCUT2D eigenvalue weighted by Gasteiger charge is -2.43. The number of ether oxygens (including phenoxy) is 1. The Kier molecular flexibility index (Phi) is 6.25. The van der Waals surface area contributed by atoms with E-state index < -0.39 is 12.0 Å². The molecule has 1 aromatic rings. The normalized spacial score (nSPS) is 22.8. The number of carbonyl (C=O) groups is 4. The van der Waals surface area contributed by atoms with Crippen molar-refractivity contribution in [2.75, 3.05) is 38.1 Å². The highest BCUT2D eigenvalue weighted by atomic mass is 35.5. The van der Waals surface area contributed by atoms with E-state index in [0.29, 0.717) is 50.1 Å². The van der Waals surface area contributed by atoms with Crippen LogP contribution in [0.3, 0.4) is 0 Å². The van der Waals surface area contributed by atoms with Gasteiger partial charge in [0, 0.05) is 43.3 Å². The second-order valence-electron chi connectivity index (χ2n) is 9.97. The lowest BCUT2D eigenvalue weighted by molar-refractivity contribution is -0.134. The quantitative estimate of drug-likeness (QED) is 0.594. The number of nitrogens with one attached hydrogen (secondary N) is 2. The summed E-state index contributed by atoms with van der Waals surface area (Å²) in [4.78, 5) is 53.8. The SMILES string of the molecule is Cc1cc(N2CC(NC(=O)OC3CN(C(=O)N(C)C4CC4)C3)C2)cc(Cl)c1C1CCC(=O)NC1=O. The maximum atomic E-state index is 12.3. The first-order chi connectivity index (χ1) is 16.7. The summed E-state index contributed by atoms with van der Waals surface area (Å²) in [5.41, 5.74) is 2.58. The predicted octanol–water partition coefficient (Wildman–Crippen LogP) is 1.98. The molecule has 11 heteroatoms. The van der Waals surface area contributed by atoms with Crippen molar-refractivity contribution in [3.63, 3.8) is 0 Å². The Morgan fingerprint density at radius 2 is 1.86 bits per heavy atom. The average Bonchev–Trinajstić information content (AvgIpc) is 3.58. The van der Waals surface area contributed by atoms with Crippen LogP contribution in [0.15, 0.2) is 12.1 Å². The second kappa shape index (κ2) is 9.22. The lowest BCUT2D eigenvalue weighted by atomic mass is 9.87. The van der Waals surface area contributed by atoms with Gasteiger partial charge in [-0.05, 0) is 49.4 Å². The fourth-order valence-corrected chi connectivity index (χ4v) is 5.37. The molecule has 1 unspecified atom stereocenters. The molecule has 0 radical (unpaired) electrons. The van der Waals surface area contributed by atoms with Crippen molar-refractivity contribution in [1.82, 2.24) is 20.4 Å². The average molecular weight is 504 g/mol. The van der Waals surface area contributed by atoms with Crippen LogP contribution in [0.2, 0.25) is 5.02 Å². The van der Waals surface area contributed by atoms with Gasteiger partial charge in [-0.25, -0.2) is 9.59 Å². The van der Waals surface area contributed by atoms with Gasteiger partial charge in [-0.3, -0.25) is 14.9 Å². The third-order valence-corrected chi connectivity index (χ3v) is 7.58. The maximum Gasteiger partial charge on any atom is 0.407 e. The van der Waals surface area contributed by atoms with Gasteiger partial charge in [0.15, 0.2) is 0 Å². The Bertz CT molecular complexity index is 1040. The molecule has 0 spiro atoms. The smallest absolute Gasteiger partial charge is 0.407 e. The summed E-state index contributed by atoms with van der Waals surface area (Å²) in [5.74, 6) is -0.986. The van der Waals surface area contributed by atoms with E-state index in [1.807, 2.05) is 26.1 Å². The minimum Gasteiger partial charge on any atom is -0.442 e. The number of hydrogen-bond acceptors (Lipinski definition) is 6. The third kappa shape index (κ3) is 4.89. The van der Waals surface area contributed by atoms with Crippen molar-refractivity contribution in [3.8, 4) is 0 Å². The molecule has 5 amide bonds. The van der Waals surface area contributed by atoms with Crippen molar-refractivity contribution >= 4 is 41.2 Å². The molecule has 3 heterocycles. The number of urea groups is 1. The number of anilines is 1. The van der Waals surface area contributed by atoms with Crippen molar-refractivity contribution < 1.29 is 23.9 Å². The van der Waals surface area contributed by atoms with Gasteiger partial charge in [0.25, 0.3) is 0 Å². The molecule has 188 valence electrons. The Balaban J connectivity index is 1.08. The minimum atomic E-state index is -0.468. The number of halogens is 1. The fourth-order valence-electron chi connectivity index (χ4n) is 4.97. The highest BCUT2D eigenvalue weighted by Crippen LogP contribution is 2.37. The molecule has 1 saturated carbocycles. The monoisotopic (exact) mass is 503 g/mol. The van der Waals surface area contributed by atoms with Gasteiger partial charge < -0.3 is 24.8 Å². The molecule has 3 saturated heterocycles. The number of aryl methyl sites for hydroxylation is 1. The number of likely N-dealkylation sites (tertiary alicyclic amines) is 1. The molecule has 4 aliphatic rings. The number of benzene rings is 1. The van der Waals surface area contributed by atoms with Gasteiger partial charge >= 0.3 is 12.1 Å². The largest absolute Gasteiger partial charge is 0.442 e. The first-order valence-electron chi connectivity index (χ1n) is 12.1. The van der Waals surface area contributed by atoms with Gasteiger partial charge in [-0.15, -0.1) is 0 Å². The van der Waals surface area contributed by atoms with Crippen LogP contribution in [0, 0.1) is 6.92 Å². The van der Waals surface area contributed by atoms with Gasteiger partial charge in [0.05, 0.1) is 25.0 Å². The van der Waals surface area contributed by atoms with Crippen LogP contribution in [-0.2, 0) is 14.3 Å². The number of piperidine rings is 1. The van der Waals surface area contributed by atoms with Crippen LogP contribution < -0.4 is 15.5 Å². The predicted molar refractivity (Wildman–Crippen MR) is 128 cm³/mol. The van der Waals surface area contributed by atoms with Crippen LogP contribution in [-0.4, -0.2) is 85.2 Å². The van der Waals surface area contributed by atoms with Crippen LogP contribution in [0.4, 0.5) is 15.3 Å². The summed E-state index contributed by atoms with van der Waals surface area (Å²) >= 11 is 6.56. The van der Waals surface area contributed by atoms with Crippen LogP contribution in [0.5, 0.6) is 0 Å². The summed E-state index contributed by atoms with van der Waals surface area (Å²) < 4.78 is 5.44. The molecule has 2 N–H and O–H groups in total. The van der Waals surface area contributed by atoms with Crippen LogP contribution in [0.1, 0.15) is 42.7 Å². The summed E-state index contributed by atoms with van der Waals surface area (Å²) in [6.45, 7) is 4.00. The molecule has 1 atom stereocenters. The summed E-state index contributed by atoms with van der Waals surface area (Å²) in [5, 5.41) is 5.77. The molecular formula is C24H30ClN5O5. The molecule has 3 aliphatic heterocycles. The van der Waals surface area contributed by atoms with E-state index in [2.05, 4.69) is 15.5 Å².